The van der Waals surface area contributed by atoms with Crippen molar-refractivity contribution in [2.24, 2.45) is 17.6 Å². The number of rotatable bonds is 4. The molecule has 264 valence electrons. The zero-order valence-electron chi connectivity index (χ0n) is 28.3. The average Bonchev–Trinajstić information content (AvgIpc) is 3.90. The summed E-state index contributed by atoms with van der Waals surface area (Å²) in [5.41, 5.74) is 7.72. The van der Waals surface area contributed by atoms with E-state index in [0.717, 1.165) is 32.1 Å². The van der Waals surface area contributed by atoms with Gasteiger partial charge in [-0.05, 0) is 94.5 Å². The van der Waals surface area contributed by atoms with Gasteiger partial charge in [-0.25, -0.2) is 23.1 Å². The van der Waals surface area contributed by atoms with Crippen LogP contribution in [0.25, 0.3) is 33.6 Å². The number of fused-ring (bicyclic) bond motifs is 5. The number of piperidine rings is 1. The molecule has 50 heavy (non-hydrogen) atoms. The Kier molecular flexibility index (Phi) is 7.12. The third-order valence-corrected chi connectivity index (χ3v) is 11.9. The number of methoxy groups -OCH3 is 1. The molecule has 4 fully saturated rings. The Hall–Kier alpha value is -4.13. The second kappa shape index (κ2) is 11.2. The van der Waals surface area contributed by atoms with Gasteiger partial charge in [0.1, 0.15) is 22.6 Å². The number of hydrogen-bond acceptors (Lipinski definition) is 6. The average molecular weight is 690 g/mol. The van der Waals surface area contributed by atoms with E-state index >= 15 is 13.2 Å². The highest BCUT2D eigenvalue weighted by molar-refractivity contribution is 6.00. The van der Waals surface area contributed by atoms with Gasteiger partial charge in [-0.1, -0.05) is 0 Å². The number of nitrogens with one attached hydrogen (secondary N) is 1. The first-order valence-corrected chi connectivity index (χ1v) is 18.0. The summed E-state index contributed by atoms with van der Waals surface area (Å²) in [4.78, 5) is 38.7. The van der Waals surface area contributed by atoms with E-state index in [0.29, 0.717) is 63.1 Å². The van der Waals surface area contributed by atoms with Crippen molar-refractivity contribution in [1.29, 1.82) is 0 Å². The molecular weight excluding hydrogens is 647 g/mol. The molecule has 2 aliphatic heterocycles. The SMILES string of the molecule is COc1cc(C(=O)N2C[C@H](N)[C@@H]3CC[C@H]2C3)cc2nc(-c3cc4ccc5nc4n3CC(F)(F)CCC[C@]3(F)C[C@H]3C(=O)N[C@@H]5C)n(C3CC3)c12. The summed E-state index contributed by atoms with van der Waals surface area (Å²) in [6.45, 7) is 1.61. The number of carbonyl (C=O) groups is 2. The molecule has 1 aromatic carbocycles. The van der Waals surface area contributed by atoms with Crippen molar-refractivity contribution in [2.75, 3.05) is 13.7 Å². The molecule has 2 amide bonds. The lowest BCUT2D eigenvalue weighted by Gasteiger charge is -2.37. The van der Waals surface area contributed by atoms with E-state index in [1.807, 2.05) is 17.0 Å². The molecule has 5 aliphatic rings. The van der Waals surface area contributed by atoms with Gasteiger partial charge >= 0.3 is 0 Å². The Morgan fingerprint density at radius 1 is 1.06 bits per heavy atom. The Bertz CT molecular complexity index is 2060. The minimum atomic E-state index is -3.18. The van der Waals surface area contributed by atoms with Crippen LogP contribution in [0.3, 0.4) is 0 Å². The Morgan fingerprint density at radius 3 is 2.64 bits per heavy atom. The number of benzene rings is 1. The monoisotopic (exact) mass is 689 g/mol. The van der Waals surface area contributed by atoms with Crippen LogP contribution >= 0.6 is 0 Å². The highest BCUT2D eigenvalue weighted by Crippen LogP contribution is 2.52. The molecule has 13 heteroatoms. The van der Waals surface area contributed by atoms with Gasteiger partial charge < -0.3 is 29.8 Å². The summed E-state index contributed by atoms with van der Waals surface area (Å²) < 4.78 is 56.6. The molecule has 3 saturated carbocycles. The Balaban J connectivity index is 1.17. The number of nitrogens with zero attached hydrogens (tertiary/aromatic N) is 5. The second-order valence-corrected chi connectivity index (χ2v) is 15.4. The highest BCUT2D eigenvalue weighted by atomic mass is 19.3. The maximum absolute atomic E-state index is 15.9. The smallest absolute Gasteiger partial charge is 0.265 e. The summed E-state index contributed by atoms with van der Waals surface area (Å²) >= 11 is 0. The summed E-state index contributed by atoms with van der Waals surface area (Å²) in [6, 6.07) is 8.61. The molecule has 0 unspecified atom stereocenters. The highest BCUT2D eigenvalue weighted by Gasteiger charge is 2.59. The first kappa shape index (κ1) is 31.8. The van der Waals surface area contributed by atoms with Crippen molar-refractivity contribution >= 4 is 33.9 Å². The van der Waals surface area contributed by atoms with Crippen molar-refractivity contribution in [2.45, 2.75) is 107 Å². The molecular formula is C37H42F3N7O3. The minimum absolute atomic E-state index is 0.0475. The summed E-state index contributed by atoms with van der Waals surface area (Å²) in [5.74, 6) is -3.09. The number of nitrogens with two attached hydrogens (primary N) is 1. The maximum Gasteiger partial charge on any atom is 0.265 e. The van der Waals surface area contributed by atoms with Crippen LogP contribution in [0.2, 0.25) is 0 Å². The molecule has 4 bridgehead atoms. The topological polar surface area (TPSA) is 120 Å². The van der Waals surface area contributed by atoms with Crippen LogP contribution < -0.4 is 15.8 Å². The van der Waals surface area contributed by atoms with Crippen LogP contribution in [-0.2, 0) is 11.3 Å². The van der Waals surface area contributed by atoms with E-state index in [4.69, 9.17) is 20.4 Å². The lowest BCUT2D eigenvalue weighted by atomic mass is 9.94. The lowest BCUT2D eigenvalue weighted by molar-refractivity contribution is -0.124. The molecule has 6 atom stereocenters. The lowest BCUT2D eigenvalue weighted by Crippen LogP contribution is -2.51. The van der Waals surface area contributed by atoms with E-state index in [1.165, 1.54) is 4.57 Å². The number of amides is 2. The van der Waals surface area contributed by atoms with Gasteiger partial charge in [0.05, 0.1) is 42.5 Å². The van der Waals surface area contributed by atoms with Gasteiger partial charge in [0.15, 0.2) is 5.82 Å². The summed E-state index contributed by atoms with van der Waals surface area (Å²) in [7, 11) is 1.56. The standard InChI is InChI=1S/C37H42F3N7O3/c1-19-27-9-5-21-14-29(46(32(21)43-27)18-37(39,40)11-3-10-36(38)16-25(36)34(48)42-19)33-44-28-13-22(15-30(50-2)31(28)47(33)23-7-8-23)35(49)45-17-26(41)20-4-6-24(45)12-20/h5,9,13-15,19-20,23-26H,3-4,6-8,10-12,16-18,41H2,1-2H3,(H,42,48)/t19-,20-,24+,25+,26+,36+/m1/s1. The van der Waals surface area contributed by atoms with Crippen molar-refractivity contribution in [3.8, 4) is 17.3 Å². The fraction of sp³-hybridized carbons (Fsp3) is 0.568. The van der Waals surface area contributed by atoms with Crippen molar-refractivity contribution in [1.82, 2.24) is 29.3 Å². The molecule has 0 spiro atoms. The molecule has 5 heterocycles. The summed E-state index contributed by atoms with van der Waals surface area (Å²) in [6.07, 6.45) is 4.05. The van der Waals surface area contributed by atoms with Crippen LogP contribution in [0, 0.1) is 11.8 Å². The fourth-order valence-electron chi connectivity index (χ4n) is 8.90. The van der Waals surface area contributed by atoms with Crippen molar-refractivity contribution < 1.29 is 27.5 Å². The van der Waals surface area contributed by atoms with Gasteiger partial charge in [-0.15, -0.1) is 0 Å². The van der Waals surface area contributed by atoms with Crippen LogP contribution in [0.1, 0.15) is 92.8 Å². The van der Waals surface area contributed by atoms with E-state index in [-0.39, 0.29) is 43.3 Å². The summed E-state index contributed by atoms with van der Waals surface area (Å²) in [5, 5.41) is 3.55. The molecule has 9 rings (SSSR count). The number of carbonyl (C=O) groups excluding carboxylic acids is 2. The number of ether oxygens (including phenoxy) is 1. The zero-order valence-corrected chi connectivity index (χ0v) is 28.3. The quantitative estimate of drug-likeness (QED) is 0.268. The molecule has 10 nitrogen and oxygen atoms in total. The Labute approximate surface area is 287 Å². The predicted octanol–water partition coefficient (Wildman–Crippen LogP) is 6.07. The van der Waals surface area contributed by atoms with E-state index in [9.17, 15) is 9.59 Å². The number of halogens is 3. The molecule has 1 saturated heterocycles. The first-order valence-electron chi connectivity index (χ1n) is 18.0. The normalized spacial score (nSPS) is 30.7. The molecule has 3 aliphatic carbocycles. The number of likely N-dealkylation sites (tertiary alicyclic amines) is 1. The minimum Gasteiger partial charge on any atom is -0.494 e. The van der Waals surface area contributed by atoms with Gasteiger partial charge in [-0.2, -0.15) is 0 Å². The molecule has 3 N–H and O–H groups in total. The number of hydrogen-bond donors (Lipinski definition) is 2. The van der Waals surface area contributed by atoms with Crippen LogP contribution in [0.5, 0.6) is 5.75 Å². The molecule has 4 aromatic rings. The van der Waals surface area contributed by atoms with Crippen LogP contribution in [-0.4, -0.2) is 73.1 Å². The third kappa shape index (κ3) is 5.17. The number of pyridine rings is 1. The first-order chi connectivity index (χ1) is 23.9. The largest absolute Gasteiger partial charge is 0.494 e. The third-order valence-electron chi connectivity index (χ3n) is 11.9. The van der Waals surface area contributed by atoms with Gasteiger partial charge in [-0.3, -0.25) is 9.59 Å². The van der Waals surface area contributed by atoms with Crippen LogP contribution in [0.4, 0.5) is 13.2 Å². The number of alkyl halides is 3. The maximum atomic E-state index is 15.9. The molecule has 3 aromatic heterocycles. The van der Waals surface area contributed by atoms with Gasteiger partial charge in [0, 0.05) is 42.0 Å². The van der Waals surface area contributed by atoms with E-state index in [2.05, 4.69) is 9.88 Å². The predicted molar refractivity (Wildman–Crippen MR) is 181 cm³/mol. The number of aromatic nitrogens is 4. The van der Waals surface area contributed by atoms with Gasteiger partial charge in [0.2, 0.25) is 5.91 Å². The second-order valence-electron chi connectivity index (χ2n) is 15.4. The van der Waals surface area contributed by atoms with Gasteiger partial charge in [0.25, 0.3) is 11.8 Å². The van der Waals surface area contributed by atoms with E-state index < -0.39 is 42.4 Å². The van der Waals surface area contributed by atoms with E-state index in [1.54, 1.807) is 32.2 Å². The molecule has 0 radical (unpaired) electrons. The number of imidazole rings is 1. The van der Waals surface area contributed by atoms with Crippen LogP contribution in [0.15, 0.2) is 30.3 Å². The van der Waals surface area contributed by atoms with Crippen molar-refractivity contribution in [3.05, 3.63) is 41.6 Å². The Morgan fingerprint density at radius 2 is 1.86 bits per heavy atom. The fourth-order valence-corrected chi connectivity index (χ4v) is 8.90. The van der Waals surface area contributed by atoms with Crippen molar-refractivity contribution in [3.63, 3.8) is 0 Å². The zero-order chi connectivity index (χ0) is 34.7.